The summed E-state index contributed by atoms with van der Waals surface area (Å²) in [6.45, 7) is 6.57. The van der Waals surface area contributed by atoms with Crippen molar-refractivity contribution in [1.82, 2.24) is 9.97 Å². The minimum absolute atomic E-state index is 0.0665. The predicted octanol–water partition coefficient (Wildman–Crippen LogP) is 2.98. The maximum absolute atomic E-state index is 11.5. The first-order valence-corrected chi connectivity index (χ1v) is 7.40. The van der Waals surface area contributed by atoms with Gasteiger partial charge in [0.1, 0.15) is 0 Å². The van der Waals surface area contributed by atoms with Crippen LogP contribution in [-0.4, -0.2) is 33.7 Å². The van der Waals surface area contributed by atoms with Gasteiger partial charge in [-0.05, 0) is 19.1 Å². The summed E-state index contributed by atoms with van der Waals surface area (Å²) in [5, 5.41) is 16.9. The van der Waals surface area contributed by atoms with Crippen LogP contribution in [0.2, 0.25) is 5.02 Å². The number of H-pyrrole nitrogens is 1. The Labute approximate surface area is 142 Å². The largest absolute Gasteiger partial charge is 0.478 e. The molecule has 0 saturated carbocycles. The van der Waals surface area contributed by atoms with Gasteiger partial charge in [0.15, 0.2) is 0 Å². The van der Waals surface area contributed by atoms with Crippen molar-refractivity contribution in [3.05, 3.63) is 28.9 Å². The van der Waals surface area contributed by atoms with Crippen molar-refractivity contribution in [2.45, 2.75) is 20.3 Å². The van der Waals surface area contributed by atoms with Gasteiger partial charge in [-0.15, -0.1) is 0 Å². The van der Waals surface area contributed by atoms with E-state index in [-0.39, 0.29) is 17.4 Å². The number of imidazole rings is 1. The van der Waals surface area contributed by atoms with Gasteiger partial charge in [0.2, 0.25) is 11.9 Å². The lowest BCUT2D eigenvalue weighted by Gasteiger charge is -2.09. The number of hydrogen-bond donors (Lipinski definition) is 3. The Morgan fingerprint density at radius 1 is 1.54 bits per heavy atom. The minimum atomic E-state index is -1.08. The van der Waals surface area contributed by atoms with Crippen LogP contribution in [-0.2, 0) is 9.59 Å². The van der Waals surface area contributed by atoms with E-state index in [9.17, 15) is 9.59 Å². The maximum atomic E-state index is 11.5. The van der Waals surface area contributed by atoms with E-state index in [1.165, 1.54) is 18.1 Å². The van der Waals surface area contributed by atoms with Crippen molar-refractivity contribution in [3.63, 3.8) is 0 Å². The number of benzene rings is 1. The number of halogens is 1. The first-order valence-electron chi connectivity index (χ1n) is 7.02. The number of rotatable bonds is 6. The van der Waals surface area contributed by atoms with Crippen molar-refractivity contribution in [3.8, 4) is 0 Å². The second kappa shape index (κ2) is 7.14. The fourth-order valence-corrected chi connectivity index (χ4v) is 2.08. The Hall–Kier alpha value is -2.87. The molecule has 2 aromatic rings. The average Bonchev–Trinajstić information content (AvgIpc) is 2.94. The van der Waals surface area contributed by atoms with Crippen molar-refractivity contribution in [2.24, 2.45) is 5.10 Å². The van der Waals surface area contributed by atoms with E-state index in [0.29, 0.717) is 28.2 Å². The van der Waals surface area contributed by atoms with Gasteiger partial charge < -0.3 is 15.4 Å². The van der Waals surface area contributed by atoms with Crippen LogP contribution < -0.4 is 10.3 Å². The first-order chi connectivity index (χ1) is 11.3. The Balaban J connectivity index is 2.43. The highest BCUT2D eigenvalue weighted by atomic mass is 35.5. The Kier molecular flexibility index (Phi) is 5.20. The molecular formula is C15H16ClN5O3. The lowest BCUT2D eigenvalue weighted by Crippen LogP contribution is -2.11. The van der Waals surface area contributed by atoms with Crippen LogP contribution in [0, 0.1) is 0 Å². The van der Waals surface area contributed by atoms with Crippen LogP contribution >= 0.6 is 11.6 Å². The molecule has 1 aromatic heterocycles. The van der Waals surface area contributed by atoms with Crippen LogP contribution in [0.4, 0.5) is 11.6 Å². The molecule has 1 aromatic carbocycles. The molecule has 1 heterocycles. The van der Waals surface area contributed by atoms with Gasteiger partial charge in [-0.25, -0.2) is 14.8 Å². The SMILES string of the molecule is C=NN(/C=C(\C)C(=O)O)c1nc2cc(NC(=O)CC)c(Cl)cc2[nH]1. The topological polar surface area (TPSA) is 111 Å². The Morgan fingerprint density at radius 2 is 2.25 bits per heavy atom. The molecule has 9 heteroatoms. The van der Waals surface area contributed by atoms with Crippen LogP contribution in [0.1, 0.15) is 20.3 Å². The molecule has 126 valence electrons. The molecule has 0 fully saturated rings. The molecule has 0 bridgehead atoms. The van der Waals surface area contributed by atoms with Crippen molar-refractivity contribution < 1.29 is 14.7 Å². The molecule has 0 radical (unpaired) electrons. The van der Waals surface area contributed by atoms with E-state index in [2.05, 4.69) is 27.1 Å². The predicted molar refractivity (Wildman–Crippen MR) is 93.4 cm³/mol. The highest BCUT2D eigenvalue weighted by molar-refractivity contribution is 6.34. The second-order valence-electron chi connectivity index (χ2n) is 4.91. The number of nitrogens with one attached hydrogen (secondary N) is 2. The third-order valence-corrected chi connectivity index (χ3v) is 3.49. The summed E-state index contributed by atoms with van der Waals surface area (Å²) in [4.78, 5) is 29.7. The Bertz CT molecular complexity index is 843. The van der Waals surface area contributed by atoms with E-state index in [4.69, 9.17) is 16.7 Å². The third-order valence-electron chi connectivity index (χ3n) is 3.18. The normalized spacial score (nSPS) is 11.4. The van der Waals surface area contributed by atoms with Crippen LogP contribution in [0.25, 0.3) is 11.0 Å². The molecule has 0 saturated heterocycles. The number of aliphatic carboxylic acids is 1. The molecule has 8 nitrogen and oxygen atoms in total. The van der Waals surface area contributed by atoms with Crippen molar-refractivity contribution in [2.75, 3.05) is 10.3 Å². The number of carboxylic acids is 1. The molecule has 0 aliphatic carbocycles. The van der Waals surface area contributed by atoms with Gasteiger partial charge in [-0.2, -0.15) is 5.10 Å². The molecule has 0 aliphatic rings. The summed E-state index contributed by atoms with van der Waals surface area (Å²) in [6.07, 6.45) is 1.61. The summed E-state index contributed by atoms with van der Waals surface area (Å²) in [7, 11) is 0. The second-order valence-corrected chi connectivity index (χ2v) is 5.32. The third kappa shape index (κ3) is 3.72. The van der Waals surface area contributed by atoms with Crippen LogP contribution in [0.5, 0.6) is 0 Å². The number of nitrogens with zero attached hydrogens (tertiary/aromatic N) is 3. The molecule has 0 aliphatic heterocycles. The fourth-order valence-electron chi connectivity index (χ4n) is 1.87. The molecule has 3 N–H and O–H groups in total. The zero-order valence-electron chi connectivity index (χ0n) is 13.1. The lowest BCUT2D eigenvalue weighted by atomic mass is 10.2. The molecular weight excluding hydrogens is 334 g/mol. The summed E-state index contributed by atoms with van der Waals surface area (Å²) in [5.41, 5.74) is 1.66. The zero-order valence-corrected chi connectivity index (χ0v) is 13.9. The summed E-state index contributed by atoms with van der Waals surface area (Å²) in [6, 6.07) is 3.24. The quantitative estimate of drug-likeness (QED) is 0.422. The maximum Gasteiger partial charge on any atom is 0.332 e. The van der Waals surface area contributed by atoms with E-state index in [0.717, 1.165) is 0 Å². The van der Waals surface area contributed by atoms with Gasteiger partial charge in [0.05, 0.1) is 27.3 Å². The van der Waals surface area contributed by atoms with Gasteiger partial charge in [-0.1, -0.05) is 18.5 Å². The van der Waals surface area contributed by atoms with Gasteiger partial charge in [0, 0.05) is 19.3 Å². The van der Waals surface area contributed by atoms with E-state index >= 15 is 0 Å². The van der Waals surface area contributed by atoms with Gasteiger partial charge in [-0.3, -0.25) is 4.79 Å². The van der Waals surface area contributed by atoms with E-state index in [1.54, 1.807) is 19.1 Å². The molecule has 1 amide bonds. The minimum Gasteiger partial charge on any atom is -0.478 e. The number of hydrogen-bond acceptors (Lipinski definition) is 5. The smallest absolute Gasteiger partial charge is 0.332 e. The van der Waals surface area contributed by atoms with Crippen molar-refractivity contribution in [1.29, 1.82) is 0 Å². The average molecular weight is 350 g/mol. The number of anilines is 2. The molecule has 0 spiro atoms. The summed E-state index contributed by atoms with van der Waals surface area (Å²) >= 11 is 6.15. The number of carbonyl (C=O) groups excluding carboxylic acids is 1. The highest BCUT2D eigenvalue weighted by Crippen LogP contribution is 2.29. The molecule has 0 atom stereocenters. The number of carbonyl (C=O) groups is 2. The monoisotopic (exact) mass is 349 g/mol. The number of aromatic amines is 1. The van der Waals surface area contributed by atoms with Crippen LogP contribution in [0.15, 0.2) is 29.0 Å². The van der Waals surface area contributed by atoms with Gasteiger partial charge in [0.25, 0.3) is 0 Å². The van der Waals surface area contributed by atoms with Crippen LogP contribution in [0.3, 0.4) is 0 Å². The zero-order chi connectivity index (χ0) is 17.9. The number of aromatic nitrogens is 2. The van der Waals surface area contributed by atoms with E-state index < -0.39 is 5.97 Å². The standard InChI is InChI=1S/C15H16ClN5O3/c1-4-13(22)18-10-6-12-11(5-9(10)16)19-15(20-12)21(17-3)7-8(2)14(23)24/h5-7H,3-4H2,1-2H3,(H,18,22)(H,19,20)(H,23,24)/b8-7+. The molecule has 2 rings (SSSR count). The number of amides is 1. The lowest BCUT2D eigenvalue weighted by molar-refractivity contribution is -0.132. The van der Waals surface area contributed by atoms with Crippen molar-refractivity contribution >= 4 is 52.9 Å². The fraction of sp³-hybridized carbons (Fsp3) is 0.200. The molecule has 24 heavy (non-hydrogen) atoms. The summed E-state index contributed by atoms with van der Waals surface area (Å²) in [5.74, 6) is -0.968. The number of fused-ring (bicyclic) bond motifs is 1. The van der Waals surface area contributed by atoms with E-state index in [1.807, 2.05) is 0 Å². The van der Waals surface area contributed by atoms with Gasteiger partial charge >= 0.3 is 5.97 Å². The first kappa shape index (κ1) is 17.5. The molecule has 0 unspecified atom stereocenters. The Morgan fingerprint density at radius 3 is 2.83 bits per heavy atom. The highest BCUT2D eigenvalue weighted by Gasteiger charge is 2.13. The number of carboxylic acid groups (broad SMARTS) is 1. The number of hydrazone groups is 1. The summed E-state index contributed by atoms with van der Waals surface area (Å²) < 4.78 is 0.